The minimum atomic E-state index is 0.0703. The number of ether oxygens (including phenoxy) is 1. The lowest BCUT2D eigenvalue weighted by Gasteiger charge is -2.35. The van der Waals surface area contributed by atoms with Crippen LogP contribution in [0.4, 0.5) is 4.79 Å². The fourth-order valence-electron chi connectivity index (χ4n) is 3.32. The summed E-state index contributed by atoms with van der Waals surface area (Å²) in [5, 5.41) is 3.20. The third-order valence-corrected chi connectivity index (χ3v) is 4.78. The summed E-state index contributed by atoms with van der Waals surface area (Å²) in [5.41, 5.74) is 1.26. The Hall–Kier alpha value is -1.59. The summed E-state index contributed by atoms with van der Waals surface area (Å²) in [6, 6.07) is 10.7. The summed E-state index contributed by atoms with van der Waals surface area (Å²) in [4.78, 5) is 16.7. The minimum absolute atomic E-state index is 0.0703. The number of nitrogens with one attached hydrogen (secondary N) is 1. The number of rotatable bonds is 3. The van der Waals surface area contributed by atoms with Crippen molar-refractivity contribution in [2.24, 2.45) is 0 Å². The van der Waals surface area contributed by atoms with Crippen molar-refractivity contribution in [1.82, 2.24) is 15.1 Å². The zero-order chi connectivity index (χ0) is 16.1. The van der Waals surface area contributed by atoms with E-state index < -0.39 is 0 Å². The van der Waals surface area contributed by atoms with Gasteiger partial charge in [0, 0.05) is 25.6 Å². The van der Waals surface area contributed by atoms with Gasteiger partial charge in [0.2, 0.25) is 0 Å². The van der Waals surface area contributed by atoms with E-state index in [0.717, 1.165) is 32.4 Å². The van der Waals surface area contributed by atoms with Crippen molar-refractivity contribution in [3.05, 3.63) is 35.9 Å². The summed E-state index contributed by atoms with van der Waals surface area (Å²) in [6.45, 7) is 4.10. The summed E-state index contributed by atoms with van der Waals surface area (Å²) >= 11 is 0. The molecule has 1 aromatic carbocycles. The van der Waals surface area contributed by atoms with Gasteiger partial charge in [0.1, 0.15) is 0 Å². The quantitative estimate of drug-likeness (QED) is 0.923. The van der Waals surface area contributed by atoms with Crippen molar-refractivity contribution in [3.63, 3.8) is 0 Å². The smallest absolute Gasteiger partial charge is 0.317 e. The lowest BCUT2D eigenvalue weighted by Crippen LogP contribution is -2.53. The second-order valence-electron chi connectivity index (χ2n) is 6.66. The van der Waals surface area contributed by atoms with Gasteiger partial charge in [-0.1, -0.05) is 30.3 Å². The predicted octanol–water partition coefficient (Wildman–Crippen LogP) is 1.73. The van der Waals surface area contributed by atoms with Crippen LogP contribution in [0, 0.1) is 0 Å². The molecule has 1 aromatic rings. The molecular weight excluding hydrogens is 290 g/mol. The Morgan fingerprint density at radius 2 is 1.96 bits per heavy atom. The molecule has 5 nitrogen and oxygen atoms in total. The van der Waals surface area contributed by atoms with Gasteiger partial charge in [-0.2, -0.15) is 0 Å². The number of nitrogens with zero attached hydrogens (tertiary/aromatic N) is 2. The van der Waals surface area contributed by atoms with Crippen LogP contribution in [0.3, 0.4) is 0 Å². The third-order valence-electron chi connectivity index (χ3n) is 4.78. The largest absolute Gasteiger partial charge is 0.374 e. The van der Waals surface area contributed by atoms with Crippen LogP contribution in [-0.2, 0) is 11.2 Å². The molecule has 1 N–H and O–H groups in total. The van der Waals surface area contributed by atoms with Gasteiger partial charge in [0.05, 0.1) is 12.7 Å². The van der Waals surface area contributed by atoms with Crippen LogP contribution in [0.5, 0.6) is 0 Å². The highest BCUT2D eigenvalue weighted by Gasteiger charge is 2.26. The molecule has 23 heavy (non-hydrogen) atoms. The zero-order valence-corrected chi connectivity index (χ0v) is 13.9. The Bertz CT molecular complexity index is 500. The van der Waals surface area contributed by atoms with Gasteiger partial charge in [-0.15, -0.1) is 0 Å². The van der Waals surface area contributed by atoms with E-state index in [4.69, 9.17) is 4.74 Å². The maximum absolute atomic E-state index is 12.5. The van der Waals surface area contributed by atoms with E-state index >= 15 is 0 Å². The lowest BCUT2D eigenvalue weighted by atomic mass is 10.1. The molecule has 0 aliphatic carbocycles. The van der Waals surface area contributed by atoms with E-state index in [9.17, 15) is 4.79 Å². The van der Waals surface area contributed by atoms with E-state index in [2.05, 4.69) is 29.4 Å². The summed E-state index contributed by atoms with van der Waals surface area (Å²) in [7, 11) is 2.13. The normalized spacial score (nSPS) is 23.7. The first-order valence-electron chi connectivity index (χ1n) is 8.60. The zero-order valence-electron chi connectivity index (χ0n) is 13.9. The Morgan fingerprint density at radius 1 is 1.22 bits per heavy atom. The first-order valence-corrected chi connectivity index (χ1v) is 8.60. The molecule has 0 radical (unpaired) electrons. The van der Waals surface area contributed by atoms with Crippen molar-refractivity contribution >= 4 is 6.03 Å². The number of carbonyl (C=O) groups is 1. The minimum Gasteiger partial charge on any atom is -0.374 e. The van der Waals surface area contributed by atoms with E-state index in [-0.39, 0.29) is 12.1 Å². The summed E-state index contributed by atoms with van der Waals surface area (Å²) in [6.07, 6.45) is 3.04. The molecular formula is C18H27N3O2. The van der Waals surface area contributed by atoms with Gasteiger partial charge in [-0.05, 0) is 38.5 Å². The maximum atomic E-state index is 12.5. The predicted molar refractivity (Wildman–Crippen MR) is 90.5 cm³/mol. The molecule has 1 atom stereocenters. The monoisotopic (exact) mass is 317 g/mol. The average Bonchev–Trinajstić information content (AvgIpc) is 2.58. The number of amides is 2. The standard InChI is InChI=1S/C18H27N3O2/c1-20-9-7-16(8-10-20)19-18(22)21-11-12-23-17(14-21)13-15-5-3-2-4-6-15/h2-6,16-17H,7-14H2,1H3,(H,19,22)/t17-/m1/s1. The summed E-state index contributed by atoms with van der Waals surface area (Å²) in [5.74, 6) is 0. The number of urea groups is 1. The fourth-order valence-corrected chi connectivity index (χ4v) is 3.32. The molecule has 5 heteroatoms. The molecule has 0 bridgehead atoms. The maximum Gasteiger partial charge on any atom is 0.317 e. The van der Waals surface area contributed by atoms with Gasteiger partial charge in [-0.3, -0.25) is 0 Å². The van der Waals surface area contributed by atoms with E-state index in [0.29, 0.717) is 25.7 Å². The van der Waals surface area contributed by atoms with Crippen LogP contribution in [0.2, 0.25) is 0 Å². The topological polar surface area (TPSA) is 44.8 Å². The number of hydrogen-bond donors (Lipinski definition) is 1. The second kappa shape index (κ2) is 7.79. The number of carbonyl (C=O) groups excluding carboxylic acids is 1. The molecule has 0 saturated carbocycles. The van der Waals surface area contributed by atoms with Crippen LogP contribution >= 0.6 is 0 Å². The van der Waals surface area contributed by atoms with Gasteiger partial charge in [0.15, 0.2) is 0 Å². The molecule has 2 fully saturated rings. The highest BCUT2D eigenvalue weighted by molar-refractivity contribution is 5.74. The van der Waals surface area contributed by atoms with Crippen LogP contribution < -0.4 is 5.32 Å². The van der Waals surface area contributed by atoms with E-state index in [1.807, 2.05) is 23.1 Å². The Balaban J connectivity index is 1.48. The second-order valence-corrected chi connectivity index (χ2v) is 6.66. The Morgan fingerprint density at radius 3 is 2.70 bits per heavy atom. The number of morpholine rings is 1. The lowest BCUT2D eigenvalue weighted by molar-refractivity contribution is -0.0138. The Kier molecular flexibility index (Phi) is 5.51. The highest BCUT2D eigenvalue weighted by Crippen LogP contribution is 2.13. The summed E-state index contributed by atoms with van der Waals surface area (Å²) < 4.78 is 5.84. The van der Waals surface area contributed by atoms with Crippen molar-refractivity contribution in [3.8, 4) is 0 Å². The molecule has 126 valence electrons. The molecule has 3 rings (SSSR count). The number of likely N-dealkylation sites (tertiary alicyclic amines) is 1. The van der Waals surface area contributed by atoms with Gasteiger partial charge >= 0.3 is 6.03 Å². The van der Waals surface area contributed by atoms with Crippen LogP contribution in [0.15, 0.2) is 30.3 Å². The van der Waals surface area contributed by atoms with E-state index in [1.54, 1.807) is 0 Å². The van der Waals surface area contributed by atoms with Crippen molar-refractivity contribution < 1.29 is 9.53 Å². The van der Waals surface area contributed by atoms with Crippen molar-refractivity contribution in [1.29, 1.82) is 0 Å². The van der Waals surface area contributed by atoms with E-state index in [1.165, 1.54) is 5.56 Å². The van der Waals surface area contributed by atoms with Gasteiger partial charge < -0.3 is 19.9 Å². The average molecular weight is 317 g/mol. The third kappa shape index (κ3) is 4.69. The van der Waals surface area contributed by atoms with Crippen molar-refractivity contribution in [2.45, 2.75) is 31.4 Å². The molecule has 2 amide bonds. The SMILES string of the molecule is CN1CCC(NC(=O)N2CCO[C@H](Cc3ccccc3)C2)CC1. The first kappa shape index (κ1) is 16.3. The molecule has 2 heterocycles. The van der Waals surface area contributed by atoms with Crippen LogP contribution in [0.1, 0.15) is 18.4 Å². The Labute approximate surface area is 138 Å². The molecule has 0 aromatic heterocycles. The number of piperidine rings is 1. The van der Waals surface area contributed by atoms with Crippen LogP contribution in [0.25, 0.3) is 0 Å². The molecule has 0 spiro atoms. The van der Waals surface area contributed by atoms with Gasteiger partial charge in [0.25, 0.3) is 0 Å². The molecule has 0 unspecified atom stereocenters. The first-order chi connectivity index (χ1) is 11.2. The van der Waals surface area contributed by atoms with Gasteiger partial charge in [-0.25, -0.2) is 4.79 Å². The number of hydrogen-bond acceptors (Lipinski definition) is 3. The van der Waals surface area contributed by atoms with Crippen molar-refractivity contribution in [2.75, 3.05) is 39.8 Å². The molecule has 2 aliphatic heterocycles. The number of benzene rings is 1. The fraction of sp³-hybridized carbons (Fsp3) is 0.611. The van der Waals surface area contributed by atoms with Crippen LogP contribution in [-0.4, -0.2) is 67.8 Å². The molecule has 2 aliphatic rings. The molecule has 2 saturated heterocycles. The highest BCUT2D eigenvalue weighted by atomic mass is 16.5.